The van der Waals surface area contributed by atoms with E-state index in [1.807, 2.05) is 44.3 Å². The zero-order valence-corrected chi connectivity index (χ0v) is 17.1. The lowest BCUT2D eigenvalue weighted by Crippen LogP contribution is -2.38. The topological polar surface area (TPSA) is 57.1 Å². The van der Waals surface area contributed by atoms with Gasteiger partial charge in [0.1, 0.15) is 5.75 Å². The van der Waals surface area contributed by atoms with E-state index in [-0.39, 0.29) is 6.54 Å². The van der Waals surface area contributed by atoms with Gasteiger partial charge in [0.15, 0.2) is 5.96 Å². The highest BCUT2D eigenvalue weighted by Crippen LogP contribution is 2.23. The molecule has 0 radical (unpaired) electrons. The molecule has 0 fully saturated rings. The molecule has 0 aliphatic heterocycles. The Bertz CT molecular complexity index is 705. The van der Waals surface area contributed by atoms with Crippen LogP contribution in [0.15, 0.2) is 45.2 Å². The molecule has 0 saturated heterocycles. The van der Waals surface area contributed by atoms with Crippen molar-refractivity contribution in [2.24, 2.45) is 4.99 Å². The minimum atomic E-state index is -0.673. The third-order valence-corrected chi connectivity index (χ3v) is 5.22. The minimum absolute atomic E-state index is 0.286. The second kappa shape index (κ2) is 9.79. The zero-order chi connectivity index (χ0) is 18.2. The Hall–Kier alpha value is -1.57. The number of nitrogens with zero attached hydrogens (tertiary/aromatic N) is 2. The van der Waals surface area contributed by atoms with E-state index in [1.165, 1.54) is 4.88 Å². The summed E-state index contributed by atoms with van der Waals surface area (Å²) in [4.78, 5) is 7.88. The molecule has 0 amide bonds. The monoisotopic (exact) mass is 425 g/mol. The first-order valence-electron chi connectivity index (χ1n) is 8.09. The molecule has 136 valence electrons. The normalized spacial score (nSPS) is 12.8. The summed E-state index contributed by atoms with van der Waals surface area (Å²) in [6.07, 6.45) is -0.673. The van der Waals surface area contributed by atoms with Crippen LogP contribution in [0.3, 0.4) is 0 Å². The van der Waals surface area contributed by atoms with Gasteiger partial charge < -0.3 is 20.1 Å². The average molecular weight is 426 g/mol. The van der Waals surface area contributed by atoms with Gasteiger partial charge in [-0.25, -0.2) is 0 Å². The number of benzene rings is 1. The number of halogens is 1. The van der Waals surface area contributed by atoms with Crippen molar-refractivity contribution < 1.29 is 9.84 Å². The largest absolute Gasteiger partial charge is 0.497 e. The van der Waals surface area contributed by atoms with Crippen LogP contribution in [0.2, 0.25) is 0 Å². The maximum atomic E-state index is 10.4. The number of aliphatic hydroxyl groups excluding tert-OH is 1. The molecule has 0 aliphatic carbocycles. The number of ether oxygens (including phenoxy) is 1. The summed E-state index contributed by atoms with van der Waals surface area (Å²) < 4.78 is 6.32. The molecule has 0 saturated carbocycles. The van der Waals surface area contributed by atoms with Crippen LogP contribution in [0.5, 0.6) is 5.75 Å². The van der Waals surface area contributed by atoms with Gasteiger partial charge in [-0.15, -0.1) is 11.3 Å². The maximum Gasteiger partial charge on any atom is 0.194 e. The van der Waals surface area contributed by atoms with E-state index in [2.05, 4.69) is 37.2 Å². The van der Waals surface area contributed by atoms with Crippen molar-refractivity contribution in [1.29, 1.82) is 0 Å². The Balaban J connectivity index is 2.04. The van der Waals surface area contributed by atoms with Crippen molar-refractivity contribution in [1.82, 2.24) is 10.2 Å². The Morgan fingerprint density at radius 1 is 1.40 bits per heavy atom. The first-order chi connectivity index (χ1) is 12.0. The summed E-state index contributed by atoms with van der Waals surface area (Å²) >= 11 is 5.19. The fourth-order valence-electron chi connectivity index (χ4n) is 2.34. The molecule has 1 heterocycles. The van der Waals surface area contributed by atoms with Crippen molar-refractivity contribution in [3.05, 3.63) is 50.6 Å². The number of hydrogen-bond acceptors (Lipinski definition) is 4. The molecule has 2 aromatic rings. The molecule has 2 rings (SSSR count). The molecule has 7 heteroatoms. The number of nitrogens with one attached hydrogen (secondary N) is 1. The predicted molar refractivity (Wildman–Crippen MR) is 107 cm³/mol. The number of methoxy groups -OCH3 is 1. The second-order valence-corrected chi connectivity index (χ2v) is 8.10. The summed E-state index contributed by atoms with van der Waals surface area (Å²) in [5.74, 6) is 1.50. The predicted octanol–water partition coefficient (Wildman–Crippen LogP) is 3.65. The van der Waals surface area contributed by atoms with Gasteiger partial charge in [-0.1, -0.05) is 12.1 Å². The maximum absolute atomic E-state index is 10.4. The molecule has 1 unspecified atom stereocenters. The van der Waals surface area contributed by atoms with Crippen LogP contribution in [-0.4, -0.2) is 43.2 Å². The number of rotatable bonds is 7. The first kappa shape index (κ1) is 19.8. The molecule has 0 aliphatic rings. The third-order valence-electron chi connectivity index (χ3n) is 3.61. The van der Waals surface area contributed by atoms with Crippen LogP contribution in [0.25, 0.3) is 0 Å². The van der Waals surface area contributed by atoms with Crippen molar-refractivity contribution in [2.45, 2.75) is 19.6 Å². The lowest BCUT2D eigenvalue weighted by atomic mass is 10.1. The third kappa shape index (κ3) is 6.02. The van der Waals surface area contributed by atoms with Gasteiger partial charge in [0.25, 0.3) is 0 Å². The van der Waals surface area contributed by atoms with Crippen LogP contribution in [0.4, 0.5) is 0 Å². The Morgan fingerprint density at radius 3 is 2.84 bits per heavy atom. The van der Waals surface area contributed by atoms with E-state index >= 15 is 0 Å². The second-order valence-electron chi connectivity index (χ2n) is 5.55. The Labute approximate surface area is 161 Å². The van der Waals surface area contributed by atoms with E-state index in [0.717, 1.165) is 34.1 Å². The molecule has 2 N–H and O–H groups in total. The number of hydrogen-bond donors (Lipinski definition) is 2. The molecule has 25 heavy (non-hydrogen) atoms. The molecular formula is C18H24BrN3O2S. The fraction of sp³-hybridized carbons (Fsp3) is 0.389. The van der Waals surface area contributed by atoms with Gasteiger partial charge in [0.2, 0.25) is 0 Å². The summed E-state index contributed by atoms with van der Waals surface area (Å²) in [5.41, 5.74) is 0.795. The fourth-order valence-corrected chi connectivity index (χ4v) is 3.88. The van der Waals surface area contributed by atoms with E-state index in [1.54, 1.807) is 18.4 Å². The average Bonchev–Trinajstić information content (AvgIpc) is 3.03. The number of aliphatic hydroxyl groups is 1. The smallest absolute Gasteiger partial charge is 0.194 e. The van der Waals surface area contributed by atoms with Crippen LogP contribution < -0.4 is 10.1 Å². The lowest BCUT2D eigenvalue weighted by molar-refractivity contribution is 0.186. The molecular weight excluding hydrogens is 402 g/mol. The highest BCUT2D eigenvalue weighted by Gasteiger charge is 2.11. The van der Waals surface area contributed by atoms with Crippen molar-refractivity contribution in [3.8, 4) is 5.75 Å². The van der Waals surface area contributed by atoms with E-state index in [9.17, 15) is 5.11 Å². The molecule has 1 atom stereocenters. The molecule has 0 bridgehead atoms. The van der Waals surface area contributed by atoms with Gasteiger partial charge in [-0.3, -0.25) is 4.99 Å². The molecule has 1 aromatic heterocycles. The van der Waals surface area contributed by atoms with Gasteiger partial charge in [0, 0.05) is 18.5 Å². The van der Waals surface area contributed by atoms with Gasteiger partial charge >= 0.3 is 0 Å². The standard InChI is InChI=1S/C18H24BrN3O2S/c1-4-20-18(22(2)12-15-8-9-17(19)25-15)21-11-16(23)13-6-5-7-14(10-13)24-3/h5-10,16,23H,4,11-12H2,1-3H3,(H,20,21). The summed E-state index contributed by atoms with van der Waals surface area (Å²) in [7, 11) is 3.61. The molecule has 5 nitrogen and oxygen atoms in total. The van der Waals surface area contributed by atoms with E-state index in [4.69, 9.17) is 4.74 Å². The highest BCUT2D eigenvalue weighted by molar-refractivity contribution is 9.11. The summed E-state index contributed by atoms with van der Waals surface area (Å²) in [6, 6.07) is 11.6. The lowest BCUT2D eigenvalue weighted by Gasteiger charge is -2.22. The highest BCUT2D eigenvalue weighted by atomic mass is 79.9. The summed E-state index contributed by atoms with van der Waals surface area (Å²) in [5, 5.41) is 13.7. The van der Waals surface area contributed by atoms with Crippen LogP contribution >= 0.6 is 27.3 Å². The Morgan fingerprint density at radius 2 is 2.20 bits per heavy atom. The number of guanidine groups is 1. The van der Waals surface area contributed by atoms with Gasteiger partial charge in [-0.2, -0.15) is 0 Å². The zero-order valence-electron chi connectivity index (χ0n) is 14.7. The van der Waals surface area contributed by atoms with Crippen LogP contribution in [-0.2, 0) is 6.54 Å². The van der Waals surface area contributed by atoms with Crippen LogP contribution in [0.1, 0.15) is 23.5 Å². The van der Waals surface area contributed by atoms with Gasteiger partial charge in [-0.05, 0) is 52.7 Å². The van der Waals surface area contributed by atoms with E-state index < -0.39 is 6.10 Å². The minimum Gasteiger partial charge on any atom is -0.497 e. The molecule has 0 spiro atoms. The first-order valence-corrected chi connectivity index (χ1v) is 9.70. The molecule has 1 aromatic carbocycles. The van der Waals surface area contributed by atoms with Gasteiger partial charge in [0.05, 0.1) is 30.1 Å². The summed E-state index contributed by atoms with van der Waals surface area (Å²) in [6.45, 7) is 3.85. The quantitative estimate of drug-likeness (QED) is 0.524. The number of aliphatic imine (C=N–C) groups is 1. The van der Waals surface area contributed by atoms with Crippen molar-refractivity contribution in [2.75, 3.05) is 27.2 Å². The SMILES string of the molecule is CCNC(=NCC(O)c1cccc(OC)c1)N(C)Cc1ccc(Br)s1. The van der Waals surface area contributed by atoms with Crippen LogP contribution in [0, 0.1) is 0 Å². The Kier molecular flexibility index (Phi) is 7.74. The van der Waals surface area contributed by atoms with Crippen molar-refractivity contribution in [3.63, 3.8) is 0 Å². The van der Waals surface area contributed by atoms with Crippen molar-refractivity contribution >= 4 is 33.2 Å². The number of thiophene rings is 1. The van der Waals surface area contributed by atoms with E-state index in [0.29, 0.717) is 0 Å².